The summed E-state index contributed by atoms with van der Waals surface area (Å²) in [5, 5.41) is 6.68. The molecule has 0 heterocycles. The first kappa shape index (κ1) is 14.7. The standard InChI is InChI=1S/C19H18N4/c1-21-15-6-8-17(9-7-15)23-19-12-10-18(11-13-19)22-16-4-2-14(20)3-5-16/h2-13,22-23H,1,20H2. The number of aliphatic imine (C=N–C) groups is 1. The van der Waals surface area contributed by atoms with Crippen LogP contribution < -0.4 is 16.4 Å². The molecule has 0 aromatic heterocycles. The summed E-state index contributed by atoms with van der Waals surface area (Å²) in [6.45, 7) is 3.51. The monoisotopic (exact) mass is 302 g/mol. The molecule has 0 atom stereocenters. The number of benzene rings is 3. The minimum Gasteiger partial charge on any atom is -0.399 e. The Morgan fingerprint density at radius 3 is 1.35 bits per heavy atom. The molecular weight excluding hydrogens is 284 g/mol. The van der Waals surface area contributed by atoms with Crippen molar-refractivity contribution in [2.24, 2.45) is 4.99 Å². The van der Waals surface area contributed by atoms with Crippen molar-refractivity contribution in [3.63, 3.8) is 0 Å². The van der Waals surface area contributed by atoms with Gasteiger partial charge < -0.3 is 16.4 Å². The van der Waals surface area contributed by atoms with Crippen molar-refractivity contribution in [2.75, 3.05) is 16.4 Å². The summed E-state index contributed by atoms with van der Waals surface area (Å²) in [5.41, 5.74) is 11.4. The number of nitrogens with two attached hydrogens (primary N) is 1. The van der Waals surface area contributed by atoms with Gasteiger partial charge in [-0.2, -0.15) is 0 Å². The first-order chi connectivity index (χ1) is 11.2. The zero-order chi connectivity index (χ0) is 16.1. The lowest BCUT2D eigenvalue weighted by Gasteiger charge is -2.10. The van der Waals surface area contributed by atoms with Crippen LogP contribution in [0.2, 0.25) is 0 Å². The number of hydrogen-bond acceptors (Lipinski definition) is 4. The summed E-state index contributed by atoms with van der Waals surface area (Å²) in [4.78, 5) is 3.88. The molecule has 3 aromatic rings. The van der Waals surface area contributed by atoms with Crippen LogP contribution >= 0.6 is 0 Å². The van der Waals surface area contributed by atoms with Gasteiger partial charge in [0.2, 0.25) is 0 Å². The fourth-order valence-corrected chi connectivity index (χ4v) is 2.19. The molecule has 0 aliphatic carbocycles. The van der Waals surface area contributed by atoms with Crippen molar-refractivity contribution in [1.82, 2.24) is 0 Å². The van der Waals surface area contributed by atoms with E-state index in [4.69, 9.17) is 5.73 Å². The highest BCUT2D eigenvalue weighted by atomic mass is 14.9. The topological polar surface area (TPSA) is 62.4 Å². The Bertz CT molecular complexity index is 775. The molecule has 4 heteroatoms. The minimum absolute atomic E-state index is 0.757. The third kappa shape index (κ3) is 3.89. The van der Waals surface area contributed by atoms with E-state index in [1.807, 2.05) is 72.8 Å². The lowest BCUT2D eigenvalue weighted by atomic mass is 10.2. The second-order valence-corrected chi connectivity index (χ2v) is 5.15. The first-order valence-corrected chi connectivity index (χ1v) is 7.29. The Morgan fingerprint density at radius 1 is 0.609 bits per heavy atom. The summed E-state index contributed by atoms with van der Waals surface area (Å²) < 4.78 is 0. The van der Waals surface area contributed by atoms with Gasteiger partial charge in [-0.15, -0.1) is 0 Å². The zero-order valence-electron chi connectivity index (χ0n) is 12.7. The van der Waals surface area contributed by atoms with Gasteiger partial charge in [0.15, 0.2) is 0 Å². The van der Waals surface area contributed by atoms with Gasteiger partial charge in [0.25, 0.3) is 0 Å². The van der Waals surface area contributed by atoms with Gasteiger partial charge in [-0.05, 0) is 79.5 Å². The number of nitrogens with zero attached hydrogens (tertiary/aromatic N) is 1. The smallest absolute Gasteiger partial charge is 0.0623 e. The van der Waals surface area contributed by atoms with Gasteiger partial charge in [0.1, 0.15) is 0 Å². The summed E-state index contributed by atoms with van der Waals surface area (Å²) in [7, 11) is 0. The fraction of sp³-hybridized carbons (Fsp3) is 0. The van der Waals surface area contributed by atoms with Crippen molar-refractivity contribution < 1.29 is 0 Å². The molecule has 4 N–H and O–H groups in total. The Morgan fingerprint density at radius 2 is 0.957 bits per heavy atom. The van der Waals surface area contributed by atoms with Crippen molar-refractivity contribution in [2.45, 2.75) is 0 Å². The molecule has 4 nitrogen and oxygen atoms in total. The first-order valence-electron chi connectivity index (χ1n) is 7.29. The van der Waals surface area contributed by atoms with Gasteiger partial charge in [0.05, 0.1) is 5.69 Å². The molecule has 23 heavy (non-hydrogen) atoms. The highest BCUT2D eigenvalue weighted by Gasteiger charge is 1.98. The predicted molar refractivity (Wildman–Crippen MR) is 99.5 cm³/mol. The van der Waals surface area contributed by atoms with E-state index in [2.05, 4.69) is 22.3 Å². The minimum atomic E-state index is 0.757. The van der Waals surface area contributed by atoms with E-state index in [0.29, 0.717) is 0 Å². The largest absolute Gasteiger partial charge is 0.399 e. The van der Waals surface area contributed by atoms with Gasteiger partial charge in [-0.25, -0.2) is 0 Å². The number of hydrogen-bond donors (Lipinski definition) is 3. The van der Waals surface area contributed by atoms with E-state index >= 15 is 0 Å². The molecule has 0 saturated carbocycles. The Kier molecular flexibility index (Phi) is 4.25. The predicted octanol–water partition coefficient (Wildman–Crippen LogP) is 5.09. The van der Waals surface area contributed by atoms with E-state index in [9.17, 15) is 0 Å². The average Bonchev–Trinajstić information content (AvgIpc) is 2.59. The van der Waals surface area contributed by atoms with E-state index in [0.717, 1.165) is 34.1 Å². The lowest BCUT2D eigenvalue weighted by Crippen LogP contribution is -1.93. The van der Waals surface area contributed by atoms with Crippen LogP contribution in [0.4, 0.5) is 34.1 Å². The van der Waals surface area contributed by atoms with Gasteiger partial charge in [0, 0.05) is 28.4 Å². The number of nitrogens with one attached hydrogen (secondary N) is 2. The van der Waals surface area contributed by atoms with Crippen LogP contribution in [0.5, 0.6) is 0 Å². The normalized spacial score (nSPS) is 10.1. The van der Waals surface area contributed by atoms with Crippen LogP contribution in [-0.2, 0) is 0 Å². The maximum atomic E-state index is 5.69. The highest BCUT2D eigenvalue weighted by molar-refractivity contribution is 5.67. The van der Waals surface area contributed by atoms with Crippen molar-refractivity contribution in [3.8, 4) is 0 Å². The highest BCUT2D eigenvalue weighted by Crippen LogP contribution is 2.23. The Balaban J connectivity index is 1.66. The summed E-state index contributed by atoms with van der Waals surface area (Å²) >= 11 is 0. The van der Waals surface area contributed by atoms with Gasteiger partial charge >= 0.3 is 0 Å². The molecule has 0 bridgehead atoms. The third-order valence-electron chi connectivity index (χ3n) is 3.42. The van der Waals surface area contributed by atoms with Crippen LogP contribution in [0.3, 0.4) is 0 Å². The molecule has 0 spiro atoms. The molecule has 114 valence electrons. The quantitative estimate of drug-likeness (QED) is 0.454. The summed E-state index contributed by atoms with van der Waals surface area (Å²) in [6, 6.07) is 23.6. The van der Waals surface area contributed by atoms with Gasteiger partial charge in [-0.1, -0.05) is 0 Å². The molecular formula is C19H18N4. The molecule has 0 saturated heterocycles. The van der Waals surface area contributed by atoms with Crippen LogP contribution in [0.1, 0.15) is 0 Å². The van der Waals surface area contributed by atoms with Crippen LogP contribution in [0.25, 0.3) is 0 Å². The van der Waals surface area contributed by atoms with Crippen molar-refractivity contribution >= 4 is 40.8 Å². The summed E-state index contributed by atoms with van der Waals surface area (Å²) in [5.74, 6) is 0. The maximum absolute atomic E-state index is 5.69. The SMILES string of the molecule is C=Nc1ccc(Nc2ccc(Nc3ccc(N)cc3)cc2)cc1. The second kappa shape index (κ2) is 6.66. The third-order valence-corrected chi connectivity index (χ3v) is 3.42. The lowest BCUT2D eigenvalue weighted by molar-refractivity contribution is 1.50. The molecule has 0 fully saturated rings. The number of anilines is 5. The number of nitrogen functional groups attached to an aromatic ring is 1. The molecule has 0 unspecified atom stereocenters. The summed E-state index contributed by atoms with van der Waals surface area (Å²) in [6.07, 6.45) is 0. The van der Waals surface area contributed by atoms with Crippen molar-refractivity contribution in [3.05, 3.63) is 72.8 Å². The average molecular weight is 302 g/mol. The molecule has 3 aromatic carbocycles. The zero-order valence-corrected chi connectivity index (χ0v) is 12.7. The van der Waals surface area contributed by atoms with E-state index in [1.165, 1.54) is 0 Å². The molecule has 0 amide bonds. The molecule has 3 rings (SSSR count). The molecule has 0 aliphatic heterocycles. The van der Waals surface area contributed by atoms with Crippen LogP contribution in [0.15, 0.2) is 77.8 Å². The second-order valence-electron chi connectivity index (χ2n) is 5.15. The maximum Gasteiger partial charge on any atom is 0.0623 e. The Labute approximate surface area is 135 Å². The number of rotatable bonds is 5. The van der Waals surface area contributed by atoms with E-state index < -0.39 is 0 Å². The van der Waals surface area contributed by atoms with Gasteiger partial charge in [-0.3, -0.25) is 4.99 Å². The van der Waals surface area contributed by atoms with E-state index in [1.54, 1.807) is 0 Å². The fourth-order valence-electron chi connectivity index (χ4n) is 2.19. The Hall–Kier alpha value is -3.27. The van der Waals surface area contributed by atoms with Crippen molar-refractivity contribution in [1.29, 1.82) is 0 Å². The van der Waals surface area contributed by atoms with E-state index in [-0.39, 0.29) is 0 Å². The molecule has 0 radical (unpaired) electrons. The van der Waals surface area contributed by atoms with Crippen LogP contribution in [-0.4, -0.2) is 6.72 Å². The molecule has 0 aliphatic rings. The van der Waals surface area contributed by atoms with Crippen LogP contribution in [0, 0.1) is 0 Å².